The molecular weight excluding hydrogens is 691 g/mol. The van der Waals surface area contributed by atoms with Crippen molar-refractivity contribution in [2.75, 3.05) is 0 Å². The van der Waals surface area contributed by atoms with Crippen LogP contribution in [0.4, 0.5) is 0 Å². The van der Waals surface area contributed by atoms with Gasteiger partial charge in [-0.1, -0.05) is 97.1 Å². The minimum atomic E-state index is -0.0292. The molecule has 11 aromatic rings. The topological polar surface area (TPSA) is 71.4 Å². The van der Waals surface area contributed by atoms with Crippen LogP contribution in [0.3, 0.4) is 0 Å². The molecule has 2 aliphatic rings. The first-order chi connectivity index (χ1) is 27.8. The van der Waals surface area contributed by atoms with Crippen LogP contribution in [0.5, 0.6) is 23.0 Å². The van der Waals surface area contributed by atoms with E-state index in [1.807, 2.05) is 30.3 Å². The van der Waals surface area contributed by atoms with E-state index >= 15 is 0 Å². The van der Waals surface area contributed by atoms with Gasteiger partial charge in [-0.15, -0.1) is 0 Å². The summed E-state index contributed by atoms with van der Waals surface area (Å²) >= 11 is 0. The summed E-state index contributed by atoms with van der Waals surface area (Å²) in [7, 11) is 0. The van der Waals surface area contributed by atoms with E-state index in [-0.39, 0.29) is 6.71 Å². The Bertz CT molecular complexity index is 3350. The Morgan fingerprint density at radius 2 is 0.946 bits per heavy atom. The Balaban J connectivity index is 1.12. The first-order valence-electron chi connectivity index (χ1n) is 18.7. The van der Waals surface area contributed by atoms with Crippen LogP contribution in [0, 0.1) is 0 Å². The molecule has 0 unspecified atom stereocenters. The number of benzene rings is 7. The van der Waals surface area contributed by atoms with Crippen molar-refractivity contribution in [3.8, 4) is 46.0 Å². The van der Waals surface area contributed by atoms with Crippen molar-refractivity contribution in [2.24, 2.45) is 0 Å². The Morgan fingerprint density at radius 3 is 1.61 bits per heavy atom. The molecule has 0 atom stereocenters. The average Bonchev–Trinajstić information content (AvgIpc) is 3.90. The Labute approximate surface area is 319 Å². The van der Waals surface area contributed by atoms with Gasteiger partial charge >= 0.3 is 0 Å². The number of hydrogen-bond acceptors (Lipinski definition) is 5. The fourth-order valence-corrected chi connectivity index (χ4v) is 9.05. The smallest absolute Gasteiger partial charge is 0.260 e. The molecule has 2 aliphatic heterocycles. The van der Waals surface area contributed by atoms with Crippen molar-refractivity contribution in [1.82, 2.24) is 28.5 Å². The fraction of sp³-hybridized carbons (Fsp3) is 0. The summed E-state index contributed by atoms with van der Waals surface area (Å²) in [6.07, 6.45) is 0. The number of rotatable bonds is 3. The lowest BCUT2D eigenvalue weighted by molar-refractivity contribution is 0.465. The van der Waals surface area contributed by atoms with Gasteiger partial charge in [-0.25, -0.2) is 15.0 Å². The summed E-state index contributed by atoms with van der Waals surface area (Å²) < 4.78 is 20.0. The third-order valence-electron chi connectivity index (χ3n) is 11.4. The maximum absolute atomic E-state index is 6.71. The van der Waals surface area contributed by atoms with Gasteiger partial charge in [0.1, 0.15) is 34.6 Å². The van der Waals surface area contributed by atoms with Crippen LogP contribution < -0.4 is 25.9 Å². The molecule has 7 aromatic carbocycles. The number of fused-ring (bicyclic) bond motifs is 12. The highest BCUT2D eigenvalue weighted by Gasteiger charge is 2.40. The molecule has 13 rings (SSSR count). The standard InChI is InChI=1S/C47H27BN6O2/c1-6-18-34-29(13-1)30-14-2-7-19-35(30)52(34)43-27-44(54-38-22-10-9-21-37(38)53-36-20-8-5-17-33(36)49-47(53)54)51-46(50-43)28-25-41-45-42(26-28)56-40-24-12-4-16-32(40)48(45)31-15-3-11-23-39(31)55-41/h1-27H. The normalized spacial score (nSPS) is 12.9. The summed E-state index contributed by atoms with van der Waals surface area (Å²) in [4.78, 5) is 16.0. The molecule has 8 nitrogen and oxygen atoms in total. The number of aromatic nitrogens is 6. The fourth-order valence-electron chi connectivity index (χ4n) is 9.05. The predicted octanol–water partition coefficient (Wildman–Crippen LogP) is 8.71. The molecule has 260 valence electrons. The highest BCUT2D eigenvalue weighted by molar-refractivity contribution is 6.98. The zero-order valence-electron chi connectivity index (χ0n) is 29.7. The SMILES string of the molecule is c1ccc2c(c1)Oc1cc(-c3nc(-n4c5ccccc5c5ccccc54)cc(-n4c5ccccc5n5c6ccccc6nc45)n3)cc3c1B2c1ccccc1O3. The summed E-state index contributed by atoms with van der Waals surface area (Å²) in [5.41, 5.74) is 10.1. The number of hydrogen-bond donors (Lipinski definition) is 0. The molecule has 9 heteroatoms. The zero-order valence-corrected chi connectivity index (χ0v) is 29.7. The van der Waals surface area contributed by atoms with Crippen LogP contribution in [0.15, 0.2) is 164 Å². The molecule has 0 fully saturated rings. The van der Waals surface area contributed by atoms with E-state index in [4.69, 9.17) is 24.4 Å². The quantitative estimate of drug-likeness (QED) is 0.171. The Hall–Kier alpha value is -7.65. The van der Waals surface area contributed by atoms with Gasteiger partial charge in [0.05, 0.1) is 33.1 Å². The lowest BCUT2D eigenvalue weighted by Gasteiger charge is -2.33. The van der Waals surface area contributed by atoms with Gasteiger partial charge in [0, 0.05) is 27.9 Å². The molecule has 6 heterocycles. The van der Waals surface area contributed by atoms with E-state index in [0.717, 1.165) is 100 Å². The minimum absolute atomic E-state index is 0.0292. The lowest BCUT2D eigenvalue weighted by atomic mass is 9.35. The van der Waals surface area contributed by atoms with Crippen molar-refractivity contribution in [2.45, 2.75) is 0 Å². The molecule has 0 spiro atoms. The summed E-state index contributed by atoms with van der Waals surface area (Å²) in [6.45, 7) is -0.0292. The summed E-state index contributed by atoms with van der Waals surface area (Å²) in [6, 6.07) is 56.4. The maximum atomic E-state index is 6.71. The van der Waals surface area contributed by atoms with Crippen molar-refractivity contribution in [1.29, 1.82) is 0 Å². The lowest BCUT2D eigenvalue weighted by Crippen LogP contribution is -2.57. The van der Waals surface area contributed by atoms with Crippen LogP contribution in [0.25, 0.3) is 72.7 Å². The molecule has 0 saturated heterocycles. The van der Waals surface area contributed by atoms with Gasteiger partial charge < -0.3 is 9.47 Å². The molecule has 4 aromatic heterocycles. The Kier molecular flexibility index (Phi) is 5.83. The van der Waals surface area contributed by atoms with Crippen LogP contribution in [0.1, 0.15) is 0 Å². The maximum Gasteiger partial charge on any atom is 0.260 e. The van der Waals surface area contributed by atoms with E-state index in [2.05, 4.69) is 147 Å². The second-order valence-corrected chi connectivity index (χ2v) is 14.4. The van der Waals surface area contributed by atoms with Crippen LogP contribution in [-0.2, 0) is 0 Å². The molecule has 0 bridgehead atoms. The zero-order chi connectivity index (χ0) is 36.5. The van der Waals surface area contributed by atoms with Crippen molar-refractivity contribution >= 4 is 72.8 Å². The van der Waals surface area contributed by atoms with Crippen molar-refractivity contribution in [3.05, 3.63) is 164 Å². The van der Waals surface area contributed by atoms with E-state index < -0.39 is 0 Å². The van der Waals surface area contributed by atoms with Crippen LogP contribution >= 0.6 is 0 Å². The second-order valence-electron chi connectivity index (χ2n) is 14.4. The average molecular weight is 719 g/mol. The first-order valence-corrected chi connectivity index (χ1v) is 18.7. The first kappa shape index (κ1) is 29.8. The summed E-state index contributed by atoms with van der Waals surface area (Å²) in [5, 5.41) is 2.31. The van der Waals surface area contributed by atoms with Crippen LogP contribution in [0.2, 0.25) is 0 Å². The predicted molar refractivity (Wildman–Crippen MR) is 223 cm³/mol. The second kappa shape index (κ2) is 11.0. The molecule has 0 amide bonds. The van der Waals surface area contributed by atoms with E-state index in [0.29, 0.717) is 11.6 Å². The molecular formula is C47H27BN6O2. The van der Waals surface area contributed by atoms with Crippen molar-refractivity contribution in [3.63, 3.8) is 0 Å². The molecule has 56 heavy (non-hydrogen) atoms. The van der Waals surface area contributed by atoms with E-state index in [1.54, 1.807) is 0 Å². The van der Waals surface area contributed by atoms with Crippen LogP contribution in [-0.4, -0.2) is 35.2 Å². The molecule has 0 saturated carbocycles. The minimum Gasteiger partial charge on any atom is -0.458 e. The Morgan fingerprint density at radius 1 is 0.429 bits per heavy atom. The van der Waals surface area contributed by atoms with Gasteiger partial charge in [0.2, 0.25) is 5.78 Å². The molecule has 0 aliphatic carbocycles. The number of ether oxygens (including phenoxy) is 2. The van der Waals surface area contributed by atoms with Gasteiger partial charge in [0.15, 0.2) is 5.82 Å². The molecule has 0 radical (unpaired) electrons. The van der Waals surface area contributed by atoms with E-state index in [9.17, 15) is 0 Å². The monoisotopic (exact) mass is 718 g/mol. The summed E-state index contributed by atoms with van der Waals surface area (Å²) in [5.74, 6) is 5.86. The van der Waals surface area contributed by atoms with Gasteiger partial charge in [-0.2, -0.15) is 0 Å². The van der Waals surface area contributed by atoms with Gasteiger partial charge in [0.25, 0.3) is 6.71 Å². The van der Waals surface area contributed by atoms with Gasteiger partial charge in [-0.3, -0.25) is 13.5 Å². The van der Waals surface area contributed by atoms with Crippen molar-refractivity contribution < 1.29 is 9.47 Å². The number of imidazole rings is 2. The highest BCUT2D eigenvalue weighted by atomic mass is 16.5. The van der Waals surface area contributed by atoms with Gasteiger partial charge in [-0.05, 0) is 71.6 Å². The highest BCUT2D eigenvalue weighted by Crippen LogP contribution is 2.39. The molecule has 0 N–H and O–H groups in total. The third-order valence-corrected chi connectivity index (χ3v) is 11.4. The number of nitrogens with zero attached hydrogens (tertiary/aromatic N) is 6. The number of para-hydroxylation sites is 8. The van der Waals surface area contributed by atoms with E-state index in [1.165, 1.54) is 0 Å². The third kappa shape index (κ3) is 4.00. The largest absolute Gasteiger partial charge is 0.458 e.